The fourth-order valence-corrected chi connectivity index (χ4v) is 2.69. The number of hydrogen-bond acceptors (Lipinski definition) is 4. The van der Waals surface area contributed by atoms with Crippen LogP contribution >= 0.6 is 0 Å². The van der Waals surface area contributed by atoms with E-state index in [-0.39, 0.29) is 12.5 Å². The molecule has 0 bridgehead atoms. The summed E-state index contributed by atoms with van der Waals surface area (Å²) in [6.45, 7) is 5.77. The summed E-state index contributed by atoms with van der Waals surface area (Å²) in [6, 6.07) is 7.47. The molecule has 3 rings (SSSR count). The van der Waals surface area contributed by atoms with Crippen LogP contribution in [0.4, 0.5) is 0 Å². The summed E-state index contributed by atoms with van der Waals surface area (Å²) in [5.74, 6) is -0.212. The quantitative estimate of drug-likeness (QED) is 0.750. The molecule has 0 fully saturated rings. The first-order valence-corrected chi connectivity index (χ1v) is 7.29. The van der Waals surface area contributed by atoms with Crippen LogP contribution in [-0.2, 0) is 4.74 Å². The van der Waals surface area contributed by atoms with E-state index in [4.69, 9.17) is 9.15 Å². The molecule has 2 aromatic heterocycles. The van der Waals surface area contributed by atoms with Gasteiger partial charge in [-0.3, -0.25) is 0 Å². The van der Waals surface area contributed by atoms with E-state index in [1.54, 1.807) is 6.92 Å². The zero-order valence-corrected chi connectivity index (χ0v) is 12.7. The number of H-pyrrole nitrogens is 1. The number of para-hydroxylation sites is 1. The Kier molecular flexibility index (Phi) is 3.48. The van der Waals surface area contributed by atoms with Crippen LogP contribution in [0.15, 0.2) is 33.5 Å². The number of aromatic nitrogens is 1. The van der Waals surface area contributed by atoms with Crippen molar-refractivity contribution in [2.45, 2.75) is 26.7 Å². The molecule has 0 amide bonds. The monoisotopic (exact) mass is 299 g/mol. The average molecular weight is 299 g/mol. The van der Waals surface area contributed by atoms with E-state index in [2.05, 4.69) is 4.98 Å². The minimum Gasteiger partial charge on any atom is -0.462 e. The molecule has 1 N–H and O–H groups in total. The van der Waals surface area contributed by atoms with E-state index >= 15 is 0 Å². The van der Waals surface area contributed by atoms with Crippen LogP contribution in [0.1, 0.15) is 42.8 Å². The van der Waals surface area contributed by atoms with Crippen molar-refractivity contribution in [3.8, 4) is 0 Å². The lowest BCUT2D eigenvalue weighted by molar-refractivity contribution is 0.0523. The zero-order valence-electron chi connectivity index (χ0n) is 12.7. The predicted octanol–water partition coefficient (Wildman–Crippen LogP) is 3.57. The summed E-state index contributed by atoms with van der Waals surface area (Å²) in [4.78, 5) is 27.7. The molecule has 1 aromatic carbocycles. The third-order valence-electron chi connectivity index (χ3n) is 3.61. The number of carbonyl (C=O) groups excluding carboxylic acids is 1. The lowest BCUT2D eigenvalue weighted by atomic mass is 10.0. The third-order valence-corrected chi connectivity index (χ3v) is 3.61. The molecule has 3 aromatic rings. The zero-order chi connectivity index (χ0) is 15.9. The molecular formula is C17H17NO4. The lowest BCUT2D eigenvalue weighted by Gasteiger charge is -2.11. The van der Waals surface area contributed by atoms with E-state index in [0.717, 1.165) is 10.9 Å². The second-order valence-electron chi connectivity index (χ2n) is 5.42. The van der Waals surface area contributed by atoms with Gasteiger partial charge in [0.1, 0.15) is 16.8 Å². The van der Waals surface area contributed by atoms with Crippen molar-refractivity contribution in [3.63, 3.8) is 0 Å². The lowest BCUT2D eigenvalue weighted by Crippen LogP contribution is -2.14. The van der Waals surface area contributed by atoms with Crippen LogP contribution in [0, 0.1) is 0 Å². The molecule has 2 heterocycles. The van der Waals surface area contributed by atoms with Gasteiger partial charge >= 0.3 is 11.6 Å². The van der Waals surface area contributed by atoms with Crippen molar-refractivity contribution in [1.82, 2.24) is 4.98 Å². The smallest absolute Gasteiger partial charge is 0.360 e. The summed E-state index contributed by atoms with van der Waals surface area (Å²) in [5.41, 5.74) is 0.955. The highest BCUT2D eigenvalue weighted by molar-refractivity contribution is 6.16. The van der Waals surface area contributed by atoms with Crippen LogP contribution in [0.25, 0.3) is 21.8 Å². The van der Waals surface area contributed by atoms with Crippen molar-refractivity contribution in [3.05, 3.63) is 46.0 Å². The maximum Gasteiger partial charge on any atom is 0.360 e. The van der Waals surface area contributed by atoms with Crippen molar-refractivity contribution in [1.29, 1.82) is 0 Å². The number of hydrogen-bond donors (Lipinski definition) is 1. The number of fused-ring (bicyclic) bond motifs is 3. The van der Waals surface area contributed by atoms with Crippen LogP contribution in [0.3, 0.4) is 0 Å². The fraction of sp³-hybridized carbons (Fsp3) is 0.294. The number of carbonyl (C=O) groups is 1. The molecule has 0 radical (unpaired) electrons. The van der Waals surface area contributed by atoms with E-state index < -0.39 is 11.6 Å². The first-order valence-electron chi connectivity index (χ1n) is 7.29. The molecule has 5 heteroatoms. The number of ether oxygens (including phenoxy) is 1. The summed E-state index contributed by atoms with van der Waals surface area (Å²) in [5, 5.41) is 1.39. The molecule has 0 saturated carbocycles. The number of aromatic amines is 1. The first-order chi connectivity index (χ1) is 10.5. The Morgan fingerprint density at radius 3 is 2.73 bits per heavy atom. The summed E-state index contributed by atoms with van der Waals surface area (Å²) < 4.78 is 10.6. The molecule has 0 spiro atoms. The van der Waals surface area contributed by atoms with Gasteiger partial charge in [0.2, 0.25) is 0 Å². The number of benzene rings is 1. The maximum atomic E-state index is 12.4. The summed E-state index contributed by atoms with van der Waals surface area (Å²) in [6.07, 6.45) is 0. The molecule has 5 nitrogen and oxygen atoms in total. The third kappa shape index (κ3) is 2.09. The minimum absolute atomic E-state index is 0.106. The van der Waals surface area contributed by atoms with Crippen LogP contribution in [0.2, 0.25) is 0 Å². The molecule has 0 aliphatic rings. The normalized spacial score (nSPS) is 11.5. The van der Waals surface area contributed by atoms with Gasteiger partial charge in [-0.25, -0.2) is 9.59 Å². The Morgan fingerprint density at radius 2 is 2.05 bits per heavy atom. The Balaban J connectivity index is 2.51. The molecule has 0 unspecified atom stereocenters. The van der Waals surface area contributed by atoms with Gasteiger partial charge in [-0.15, -0.1) is 0 Å². The maximum absolute atomic E-state index is 12.4. The summed E-state index contributed by atoms with van der Waals surface area (Å²) in [7, 11) is 0. The number of rotatable bonds is 3. The molecule has 0 aliphatic heterocycles. The molecule has 114 valence electrons. The molecule has 0 atom stereocenters. The van der Waals surface area contributed by atoms with Gasteiger partial charge in [-0.1, -0.05) is 32.0 Å². The van der Waals surface area contributed by atoms with Gasteiger partial charge in [-0.05, 0) is 13.0 Å². The van der Waals surface area contributed by atoms with Gasteiger partial charge in [0.25, 0.3) is 0 Å². The molecule has 0 aliphatic carbocycles. The van der Waals surface area contributed by atoms with E-state index in [0.29, 0.717) is 22.2 Å². The van der Waals surface area contributed by atoms with Gasteiger partial charge in [0.05, 0.1) is 6.61 Å². The van der Waals surface area contributed by atoms with Crippen molar-refractivity contribution in [2.24, 2.45) is 0 Å². The van der Waals surface area contributed by atoms with Gasteiger partial charge in [0, 0.05) is 22.2 Å². The molecular weight excluding hydrogens is 282 g/mol. The van der Waals surface area contributed by atoms with Crippen LogP contribution in [0.5, 0.6) is 0 Å². The Labute approximate surface area is 126 Å². The minimum atomic E-state index is -0.469. The van der Waals surface area contributed by atoms with Gasteiger partial charge in [0.15, 0.2) is 0 Å². The largest absolute Gasteiger partial charge is 0.462 e. The summed E-state index contributed by atoms with van der Waals surface area (Å²) >= 11 is 0. The second kappa shape index (κ2) is 5.33. The molecule has 0 saturated heterocycles. The number of esters is 1. The van der Waals surface area contributed by atoms with Crippen LogP contribution < -0.4 is 5.63 Å². The van der Waals surface area contributed by atoms with E-state index in [1.165, 1.54) is 0 Å². The van der Waals surface area contributed by atoms with Crippen molar-refractivity contribution < 1.29 is 13.9 Å². The van der Waals surface area contributed by atoms with Crippen LogP contribution in [-0.4, -0.2) is 17.6 Å². The van der Waals surface area contributed by atoms with Gasteiger partial charge < -0.3 is 14.1 Å². The highest BCUT2D eigenvalue weighted by atomic mass is 16.5. The highest BCUT2D eigenvalue weighted by Gasteiger charge is 2.25. The SMILES string of the molecule is CCOC(=O)c1c(C(C)C)oc(=O)c2[nH]c3ccccc3c12. The highest BCUT2D eigenvalue weighted by Crippen LogP contribution is 2.31. The number of nitrogens with one attached hydrogen (secondary N) is 1. The second-order valence-corrected chi connectivity index (χ2v) is 5.42. The van der Waals surface area contributed by atoms with E-state index in [9.17, 15) is 9.59 Å². The molecule has 22 heavy (non-hydrogen) atoms. The fourth-order valence-electron chi connectivity index (χ4n) is 2.69. The topological polar surface area (TPSA) is 72.3 Å². The Bertz CT molecular complexity index is 917. The van der Waals surface area contributed by atoms with Crippen molar-refractivity contribution in [2.75, 3.05) is 6.61 Å². The van der Waals surface area contributed by atoms with Gasteiger partial charge in [-0.2, -0.15) is 0 Å². The average Bonchev–Trinajstić information content (AvgIpc) is 2.87. The first kappa shape index (κ1) is 14.4. The Morgan fingerprint density at radius 1 is 1.32 bits per heavy atom. The van der Waals surface area contributed by atoms with Crippen molar-refractivity contribution >= 4 is 27.8 Å². The predicted molar refractivity (Wildman–Crippen MR) is 84.4 cm³/mol. The van der Waals surface area contributed by atoms with E-state index in [1.807, 2.05) is 38.1 Å². The Hall–Kier alpha value is -2.56. The standard InChI is InChI=1S/C17H17NO4/c1-4-21-16(19)13-12-10-7-5-6-8-11(10)18-14(12)17(20)22-15(13)9(2)3/h5-9,18H,4H2,1-3H3.